The molecule has 6 heteroatoms. The van der Waals surface area contributed by atoms with Crippen LogP contribution in [-0.2, 0) is 6.18 Å². The first-order valence-corrected chi connectivity index (χ1v) is 5.53. The van der Waals surface area contributed by atoms with E-state index in [2.05, 4.69) is 0 Å². The molecule has 1 aliphatic rings. The molecule has 3 nitrogen and oxygen atoms in total. The van der Waals surface area contributed by atoms with Crippen LogP contribution in [0.5, 0.6) is 0 Å². The quantitative estimate of drug-likeness (QED) is 0.836. The molecule has 18 heavy (non-hydrogen) atoms. The summed E-state index contributed by atoms with van der Waals surface area (Å²) in [7, 11) is 0. The first-order valence-electron chi connectivity index (χ1n) is 5.53. The number of halogens is 3. The van der Waals surface area contributed by atoms with Crippen molar-refractivity contribution in [1.82, 2.24) is 0 Å². The van der Waals surface area contributed by atoms with Gasteiger partial charge < -0.3 is 10.6 Å². The number of hydrogen-bond donors (Lipinski definition) is 1. The molecule has 1 atom stereocenters. The molecule has 0 radical (unpaired) electrons. The Kier molecular flexibility index (Phi) is 3.18. The summed E-state index contributed by atoms with van der Waals surface area (Å²) in [4.78, 5) is 1.85. The van der Waals surface area contributed by atoms with Crippen molar-refractivity contribution in [1.29, 1.82) is 5.26 Å². The van der Waals surface area contributed by atoms with Crippen LogP contribution in [0, 0.1) is 11.3 Å². The molecule has 2 rings (SSSR count). The smallest absolute Gasteiger partial charge is 0.369 e. The maximum Gasteiger partial charge on any atom is 0.416 e. The molecule has 2 N–H and O–H groups in total. The van der Waals surface area contributed by atoms with Crippen LogP contribution in [0.2, 0.25) is 0 Å². The number of rotatable bonds is 1. The van der Waals surface area contributed by atoms with Crippen molar-refractivity contribution in [3.63, 3.8) is 0 Å². The summed E-state index contributed by atoms with van der Waals surface area (Å²) in [5.41, 5.74) is 5.52. The molecule has 0 unspecified atom stereocenters. The van der Waals surface area contributed by atoms with Crippen LogP contribution in [0.3, 0.4) is 0 Å². The Morgan fingerprint density at radius 1 is 1.39 bits per heavy atom. The Hall–Kier alpha value is -1.74. The van der Waals surface area contributed by atoms with Gasteiger partial charge in [-0.05, 0) is 24.6 Å². The van der Waals surface area contributed by atoms with Crippen LogP contribution in [0.25, 0.3) is 0 Å². The topological polar surface area (TPSA) is 53.0 Å². The van der Waals surface area contributed by atoms with Gasteiger partial charge in [-0.25, -0.2) is 0 Å². The van der Waals surface area contributed by atoms with Gasteiger partial charge in [0.25, 0.3) is 0 Å². The lowest BCUT2D eigenvalue weighted by molar-refractivity contribution is -0.137. The van der Waals surface area contributed by atoms with Crippen LogP contribution in [-0.4, -0.2) is 19.1 Å². The third kappa shape index (κ3) is 2.41. The first kappa shape index (κ1) is 12.7. The summed E-state index contributed by atoms with van der Waals surface area (Å²) in [6.45, 7) is 1.24. The van der Waals surface area contributed by atoms with Crippen LogP contribution in [0.4, 0.5) is 18.9 Å². The molecular weight excluding hydrogens is 243 g/mol. The standard InChI is InChI=1S/C12H12F3N3/c13-12(14,15)9-1-2-11(8(5-9)6-16)18-4-3-10(17)7-18/h1-2,5,10H,3-4,7,17H2/t10-/m0/s1. The van der Waals surface area contributed by atoms with Gasteiger partial charge in [0.2, 0.25) is 0 Å². The van der Waals surface area contributed by atoms with Gasteiger partial charge in [-0.3, -0.25) is 0 Å². The minimum atomic E-state index is -4.43. The molecule has 1 fully saturated rings. The first-order chi connectivity index (χ1) is 8.41. The molecule has 1 aliphatic heterocycles. The highest BCUT2D eigenvalue weighted by atomic mass is 19.4. The van der Waals surface area contributed by atoms with E-state index in [1.54, 1.807) is 0 Å². The number of hydrogen-bond acceptors (Lipinski definition) is 3. The van der Waals surface area contributed by atoms with Crippen LogP contribution < -0.4 is 10.6 Å². The summed E-state index contributed by atoms with van der Waals surface area (Å²) in [5.74, 6) is 0. The number of nitrogens with zero attached hydrogens (tertiary/aromatic N) is 2. The summed E-state index contributed by atoms with van der Waals surface area (Å²) in [5, 5.41) is 8.96. The summed E-state index contributed by atoms with van der Waals surface area (Å²) < 4.78 is 37.6. The molecule has 96 valence electrons. The summed E-state index contributed by atoms with van der Waals surface area (Å²) >= 11 is 0. The van der Waals surface area contributed by atoms with Crippen LogP contribution in [0.15, 0.2) is 18.2 Å². The summed E-state index contributed by atoms with van der Waals surface area (Å²) in [6, 6.07) is 5.06. The van der Waals surface area contributed by atoms with Crippen molar-refractivity contribution in [2.45, 2.75) is 18.6 Å². The van der Waals surface area contributed by atoms with Crippen molar-refractivity contribution in [2.24, 2.45) is 5.73 Å². The second-order valence-corrected chi connectivity index (χ2v) is 4.34. The maximum atomic E-state index is 12.5. The molecule has 1 heterocycles. The molecule has 0 aromatic heterocycles. The zero-order valence-corrected chi connectivity index (χ0v) is 9.54. The molecule has 1 saturated heterocycles. The normalized spacial score (nSPS) is 19.9. The SMILES string of the molecule is N#Cc1cc(C(F)(F)F)ccc1N1CC[C@H](N)C1. The molecule has 0 aliphatic carbocycles. The minimum Gasteiger partial charge on any atom is -0.369 e. The van der Waals surface area contributed by atoms with E-state index in [4.69, 9.17) is 11.0 Å². The van der Waals surface area contributed by atoms with Gasteiger partial charge in [0.1, 0.15) is 6.07 Å². The van der Waals surface area contributed by atoms with Gasteiger partial charge in [0.05, 0.1) is 16.8 Å². The van der Waals surface area contributed by atoms with E-state index in [1.165, 1.54) is 6.07 Å². The van der Waals surface area contributed by atoms with E-state index in [9.17, 15) is 13.2 Å². The van der Waals surface area contributed by atoms with E-state index in [1.807, 2.05) is 11.0 Å². The van der Waals surface area contributed by atoms with Gasteiger partial charge in [-0.15, -0.1) is 0 Å². The molecule has 1 aromatic carbocycles. The van der Waals surface area contributed by atoms with Crippen molar-refractivity contribution in [3.8, 4) is 6.07 Å². The average Bonchev–Trinajstić information content (AvgIpc) is 2.73. The fraction of sp³-hybridized carbons (Fsp3) is 0.417. The van der Waals surface area contributed by atoms with E-state index in [0.29, 0.717) is 18.8 Å². The second kappa shape index (κ2) is 4.50. The zero-order chi connectivity index (χ0) is 13.3. The number of nitriles is 1. The fourth-order valence-electron chi connectivity index (χ4n) is 2.08. The highest BCUT2D eigenvalue weighted by Gasteiger charge is 2.32. The van der Waals surface area contributed by atoms with E-state index in [0.717, 1.165) is 18.6 Å². The number of alkyl halides is 3. The Labute approximate surface area is 103 Å². The second-order valence-electron chi connectivity index (χ2n) is 4.34. The zero-order valence-electron chi connectivity index (χ0n) is 9.54. The van der Waals surface area contributed by atoms with Crippen molar-refractivity contribution in [2.75, 3.05) is 18.0 Å². The minimum absolute atomic E-state index is 0.0128. The summed E-state index contributed by atoms with van der Waals surface area (Å²) in [6.07, 6.45) is -3.64. The van der Waals surface area contributed by atoms with Gasteiger partial charge in [0, 0.05) is 19.1 Å². The lowest BCUT2D eigenvalue weighted by Crippen LogP contribution is -2.26. The van der Waals surface area contributed by atoms with Crippen molar-refractivity contribution in [3.05, 3.63) is 29.3 Å². The molecule has 0 amide bonds. The third-order valence-electron chi connectivity index (χ3n) is 3.01. The number of anilines is 1. The largest absolute Gasteiger partial charge is 0.416 e. The van der Waals surface area contributed by atoms with Gasteiger partial charge in [-0.1, -0.05) is 0 Å². The van der Waals surface area contributed by atoms with E-state index >= 15 is 0 Å². The molecule has 0 saturated carbocycles. The van der Waals surface area contributed by atoms with E-state index < -0.39 is 11.7 Å². The van der Waals surface area contributed by atoms with Crippen LogP contribution in [0.1, 0.15) is 17.5 Å². The van der Waals surface area contributed by atoms with Crippen LogP contribution >= 0.6 is 0 Å². The van der Waals surface area contributed by atoms with Crippen molar-refractivity contribution >= 4 is 5.69 Å². The number of nitrogens with two attached hydrogens (primary N) is 1. The number of benzene rings is 1. The molecule has 1 aromatic rings. The monoisotopic (exact) mass is 255 g/mol. The maximum absolute atomic E-state index is 12.5. The predicted molar refractivity (Wildman–Crippen MR) is 61.0 cm³/mol. The van der Waals surface area contributed by atoms with E-state index in [-0.39, 0.29) is 11.6 Å². The Bertz CT molecular complexity index is 490. The highest BCUT2D eigenvalue weighted by molar-refractivity contribution is 5.61. The predicted octanol–water partition coefficient (Wildman–Crippen LogP) is 2.11. The Morgan fingerprint density at radius 2 is 2.11 bits per heavy atom. The Balaban J connectivity index is 2.36. The van der Waals surface area contributed by atoms with Crippen molar-refractivity contribution < 1.29 is 13.2 Å². The van der Waals surface area contributed by atoms with Gasteiger partial charge in [0.15, 0.2) is 0 Å². The Morgan fingerprint density at radius 3 is 2.61 bits per heavy atom. The third-order valence-corrected chi connectivity index (χ3v) is 3.01. The van der Waals surface area contributed by atoms with Gasteiger partial charge >= 0.3 is 6.18 Å². The molecule has 0 spiro atoms. The van der Waals surface area contributed by atoms with Gasteiger partial charge in [-0.2, -0.15) is 18.4 Å². The highest BCUT2D eigenvalue weighted by Crippen LogP contribution is 2.33. The molecule has 0 bridgehead atoms. The lowest BCUT2D eigenvalue weighted by atomic mass is 10.1. The average molecular weight is 255 g/mol. The lowest BCUT2D eigenvalue weighted by Gasteiger charge is -2.20. The fourth-order valence-corrected chi connectivity index (χ4v) is 2.08. The molecular formula is C12H12F3N3.